The van der Waals surface area contributed by atoms with E-state index in [1.54, 1.807) is 0 Å². The molecular weight excluding hydrogens is 901 g/mol. The zero-order valence-electron chi connectivity index (χ0n) is 31.4. The lowest BCUT2D eigenvalue weighted by atomic mass is 10.1. The summed E-state index contributed by atoms with van der Waals surface area (Å²) in [6.07, 6.45) is 0. The first-order valence-corrected chi connectivity index (χ1v) is 22.8. The number of urea groups is 1. The quantitative estimate of drug-likeness (QED) is 0.0826. The molecule has 0 heterocycles. The van der Waals surface area contributed by atoms with Gasteiger partial charge in [0.2, 0.25) is 0 Å². The van der Waals surface area contributed by atoms with Gasteiger partial charge in [0.05, 0.1) is 31.0 Å². The highest BCUT2D eigenvalue weighted by molar-refractivity contribution is 7.86. The van der Waals surface area contributed by atoms with Gasteiger partial charge in [-0.05, 0) is 109 Å². The Morgan fingerprint density at radius 1 is 0.452 bits per heavy atom. The number of hydrogen-bond acceptors (Lipinski definition) is 15. The summed E-state index contributed by atoms with van der Waals surface area (Å²) >= 11 is 0. The van der Waals surface area contributed by atoms with E-state index in [0.717, 1.165) is 48.5 Å². The van der Waals surface area contributed by atoms with Gasteiger partial charge in [0.15, 0.2) is 0 Å². The number of nitrogens with one attached hydrogen (secondary N) is 4. The first kappa shape index (κ1) is 44.8. The number of rotatable bonds is 10. The summed E-state index contributed by atoms with van der Waals surface area (Å²) in [5.74, 6) is -3.29. The van der Waals surface area contributed by atoms with Crippen LogP contribution in [0.25, 0.3) is 21.5 Å². The molecule has 21 nitrogen and oxygen atoms in total. The maximum atomic E-state index is 13.1. The second-order valence-electron chi connectivity index (χ2n) is 13.5. The number of aromatic hydroxyl groups is 2. The lowest BCUT2D eigenvalue weighted by Gasteiger charge is -2.15. The molecule has 0 saturated heterocycles. The van der Waals surface area contributed by atoms with E-state index < -0.39 is 89.4 Å². The molecule has 0 saturated carbocycles. The number of benzene rings is 6. The van der Waals surface area contributed by atoms with E-state index in [-0.39, 0.29) is 66.5 Å². The number of amides is 4. The van der Waals surface area contributed by atoms with Crippen molar-refractivity contribution in [3.05, 3.63) is 107 Å². The Morgan fingerprint density at radius 3 is 1.05 bits per heavy atom. The molecule has 0 unspecified atom stereocenters. The van der Waals surface area contributed by atoms with E-state index >= 15 is 0 Å². The molecule has 6 rings (SSSR count). The normalized spacial score (nSPS) is 12.2. The summed E-state index contributed by atoms with van der Waals surface area (Å²) in [6, 6.07) is 13.5. The van der Waals surface area contributed by atoms with Crippen molar-refractivity contribution in [1.82, 2.24) is 10.6 Å². The number of carbonyl (C=O) groups is 3. The largest absolute Gasteiger partial charge is 0.507 e. The topological polar surface area (TPSA) is 357 Å². The van der Waals surface area contributed by atoms with Crippen molar-refractivity contribution in [3.8, 4) is 11.5 Å². The Kier molecular flexibility index (Phi) is 11.5. The molecule has 324 valence electrons. The molecule has 0 aliphatic heterocycles. The van der Waals surface area contributed by atoms with Crippen molar-refractivity contribution in [2.75, 3.05) is 10.6 Å². The Balaban J connectivity index is 1.18. The maximum Gasteiger partial charge on any atom is 0.328 e. The van der Waals surface area contributed by atoms with Gasteiger partial charge < -0.3 is 20.8 Å². The van der Waals surface area contributed by atoms with Crippen LogP contribution in [0.3, 0.4) is 0 Å². The summed E-state index contributed by atoms with van der Waals surface area (Å²) in [5.41, 5.74) is 0.434. The average molecular weight is 931 g/mol. The number of imide groups is 2. The first-order chi connectivity index (χ1) is 28.6. The van der Waals surface area contributed by atoms with Crippen LogP contribution in [-0.4, -0.2) is 79.9 Å². The standard InChI is InChI=1S/C37H30N4O17S4/c1-17-7-21(38-29-13-23(59(47,48)49)9-19-11-25(61(53,54)55)15-31(42)33(19)29)3-5-27(17)35(44)40-37(46)41-36(45)28-6-4-22(8-18(28)2)39-30-14-24(60(50,51)52)10-20-12-26(62(56,57)58)16-32(43)34(20)30/h3-16,38-39,42-43H,1-2H3,(H,47,48,49)(H,50,51,52)(H,53,54,55)(H,56,57,58)(H2,40,41,44,45,46). The van der Waals surface area contributed by atoms with Crippen LogP contribution < -0.4 is 21.3 Å². The monoisotopic (exact) mass is 930 g/mol. The van der Waals surface area contributed by atoms with Gasteiger partial charge in [-0.25, -0.2) is 4.79 Å². The van der Waals surface area contributed by atoms with E-state index in [1.807, 2.05) is 10.6 Å². The van der Waals surface area contributed by atoms with Gasteiger partial charge in [0.25, 0.3) is 52.3 Å². The van der Waals surface area contributed by atoms with Crippen molar-refractivity contribution < 1.29 is 76.5 Å². The Labute approximate surface area is 351 Å². The highest BCUT2D eigenvalue weighted by atomic mass is 32.2. The minimum Gasteiger partial charge on any atom is -0.507 e. The maximum absolute atomic E-state index is 13.1. The number of anilines is 4. The molecule has 0 aliphatic rings. The fourth-order valence-corrected chi connectivity index (χ4v) is 8.50. The molecule has 6 aromatic carbocycles. The minimum atomic E-state index is -4.87. The van der Waals surface area contributed by atoms with Crippen LogP contribution in [0.1, 0.15) is 31.8 Å². The molecule has 0 bridgehead atoms. The van der Waals surface area contributed by atoms with E-state index in [1.165, 1.54) is 50.2 Å². The van der Waals surface area contributed by atoms with Gasteiger partial charge >= 0.3 is 6.03 Å². The van der Waals surface area contributed by atoms with Crippen LogP contribution in [-0.2, 0) is 40.5 Å². The van der Waals surface area contributed by atoms with E-state index in [2.05, 4.69) is 10.6 Å². The summed E-state index contributed by atoms with van der Waals surface area (Å²) in [7, 11) is -19.4. The average Bonchev–Trinajstić information content (AvgIpc) is 3.12. The number of phenols is 2. The molecule has 0 aliphatic carbocycles. The second kappa shape index (κ2) is 16.0. The van der Waals surface area contributed by atoms with E-state index in [9.17, 15) is 76.5 Å². The third-order valence-electron chi connectivity index (χ3n) is 9.10. The molecule has 10 N–H and O–H groups in total. The van der Waals surface area contributed by atoms with Crippen molar-refractivity contribution in [2.24, 2.45) is 0 Å². The molecule has 0 spiro atoms. The highest BCUT2D eigenvalue weighted by Crippen LogP contribution is 2.40. The van der Waals surface area contributed by atoms with Crippen LogP contribution in [0, 0.1) is 13.8 Å². The number of hydrogen-bond donors (Lipinski definition) is 10. The SMILES string of the molecule is Cc1cc(Nc2cc(S(=O)(=O)O)cc3cc(S(=O)(=O)O)cc(O)c23)ccc1C(=O)NC(=O)NC(=O)c1ccc(Nc2cc(S(=O)(=O)O)cc3cc(S(=O)(=O)O)cc(O)c23)cc1C. The summed E-state index contributed by atoms with van der Waals surface area (Å²) < 4.78 is 133. The fraction of sp³-hybridized carbons (Fsp3) is 0.0541. The molecule has 62 heavy (non-hydrogen) atoms. The minimum absolute atomic E-state index is 0.0622. The lowest BCUT2D eigenvalue weighted by molar-refractivity contribution is 0.0944. The fourth-order valence-electron chi connectivity index (χ4n) is 6.35. The zero-order valence-corrected chi connectivity index (χ0v) is 34.7. The van der Waals surface area contributed by atoms with Gasteiger partial charge in [-0.1, -0.05) is 0 Å². The second-order valence-corrected chi connectivity index (χ2v) is 19.2. The number of aryl methyl sites for hydroxylation is 2. The Morgan fingerprint density at radius 2 is 0.758 bits per heavy atom. The molecule has 25 heteroatoms. The van der Waals surface area contributed by atoms with Gasteiger partial charge in [-0.3, -0.25) is 38.4 Å². The van der Waals surface area contributed by atoms with Gasteiger partial charge in [0, 0.05) is 45.4 Å². The van der Waals surface area contributed by atoms with Crippen molar-refractivity contribution in [3.63, 3.8) is 0 Å². The van der Waals surface area contributed by atoms with Crippen molar-refractivity contribution in [2.45, 2.75) is 33.4 Å². The predicted octanol–water partition coefficient (Wildman–Crippen LogP) is 4.77. The van der Waals surface area contributed by atoms with Crippen LogP contribution in [0.4, 0.5) is 27.5 Å². The summed E-state index contributed by atoms with van der Waals surface area (Å²) in [6.45, 7) is 2.93. The molecule has 6 aromatic rings. The van der Waals surface area contributed by atoms with Crippen LogP contribution in [0.15, 0.2) is 105 Å². The third kappa shape index (κ3) is 9.59. The van der Waals surface area contributed by atoms with Crippen LogP contribution in [0.5, 0.6) is 11.5 Å². The van der Waals surface area contributed by atoms with Gasteiger partial charge in [0.1, 0.15) is 11.5 Å². The molecule has 0 fully saturated rings. The van der Waals surface area contributed by atoms with E-state index in [4.69, 9.17) is 0 Å². The molecule has 0 atom stereocenters. The van der Waals surface area contributed by atoms with Crippen LogP contribution >= 0.6 is 0 Å². The lowest BCUT2D eigenvalue weighted by Crippen LogP contribution is -2.42. The molecule has 4 amide bonds. The number of fused-ring (bicyclic) bond motifs is 2. The summed E-state index contributed by atoms with van der Waals surface area (Å²) in [4.78, 5) is 36.0. The van der Waals surface area contributed by atoms with Crippen molar-refractivity contribution in [1.29, 1.82) is 0 Å². The molecule has 0 radical (unpaired) electrons. The van der Waals surface area contributed by atoms with Gasteiger partial charge in [-0.2, -0.15) is 33.7 Å². The highest BCUT2D eigenvalue weighted by Gasteiger charge is 2.23. The first-order valence-electron chi connectivity index (χ1n) is 17.0. The summed E-state index contributed by atoms with van der Waals surface area (Å²) in [5, 5.41) is 30.3. The molecule has 0 aromatic heterocycles. The molecular formula is C37H30N4O17S4. The number of carbonyl (C=O) groups excluding carboxylic acids is 3. The van der Waals surface area contributed by atoms with Gasteiger partial charge in [-0.15, -0.1) is 0 Å². The van der Waals surface area contributed by atoms with E-state index in [0.29, 0.717) is 0 Å². The number of phenolic OH excluding ortho intramolecular Hbond substituents is 2. The van der Waals surface area contributed by atoms with Crippen LogP contribution in [0.2, 0.25) is 0 Å². The smallest absolute Gasteiger partial charge is 0.328 e. The third-order valence-corrected chi connectivity index (χ3v) is 12.4. The Hall–Kier alpha value is -6.71. The zero-order chi connectivity index (χ0) is 45.9. The predicted molar refractivity (Wildman–Crippen MR) is 220 cm³/mol. The Bertz CT molecular complexity index is 3180. The van der Waals surface area contributed by atoms with Crippen molar-refractivity contribution >= 4 is 103 Å².